The lowest BCUT2D eigenvalue weighted by molar-refractivity contribution is -0.00778. The number of carbonyl (C=O) groups is 1. The first kappa shape index (κ1) is 15.4. The maximum atomic E-state index is 13.1. The quantitative estimate of drug-likeness (QED) is 0.871. The van der Waals surface area contributed by atoms with Crippen molar-refractivity contribution in [3.8, 4) is 5.75 Å². The fourth-order valence-electron chi connectivity index (χ4n) is 1.99. The summed E-state index contributed by atoms with van der Waals surface area (Å²) in [5.41, 5.74) is 5.61. The van der Waals surface area contributed by atoms with E-state index in [2.05, 4.69) is 0 Å². The van der Waals surface area contributed by atoms with Gasteiger partial charge in [-0.2, -0.15) is 0 Å². The van der Waals surface area contributed by atoms with E-state index in [0.717, 1.165) is 0 Å². The predicted molar refractivity (Wildman–Crippen MR) is 77.6 cm³/mol. The highest BCUT2D eigenvalue weighted by Crippen LogP contribution is 2.25. The highest BCUT2D eigenvalue weighted by atomic mass is 19.1. The van der Waals surface area contributed by atoms with Crippen LogP contribution < -0.4 is 10.5 Å². The minimum Gasteiger partial charge on any atom is -0.491 e. The van der Waals surface area contributed by atoms with Crippen molar-refractivity contribution in [2.24, 2.45) is 5.92 Å². The van der Waals surface area contributed by atoms with Crippen molar-refractivity contribution < 1.29 is 18.7 Å². The molecule has 0 bridgehead atoms. The van der Waals surface area contributed by atoms with Gasteiger partial charge in [0.2, 0.25) is 0 Å². The molecule has 1 amide bonds. The zero-order valence-corrected chi connectivity index (χ0v) is 12.6. The molecule has 1 aromatic rings. The van der Waals surface area contributed by atoms with Gasteiger partial charge in [-0.3, -0.25) is 0 Å². The van der Waals surface area contributed by atoms with E-state index in [4.69, 9.17) is 15.2 Å². The number of hydrogen-bond acceptors (Lipinski definition) is 4. The monoisotopic (exact) mass is 296 g/mol. The highest BCUT2D eigenvalue weighted by molar-refractivity contribution is 5.69. The summed E-state index contributed by atoms with van der Waals surface area (Å²) in [4.78, 5) is 13.4. The van der Waals surface area contributed by atoms with Crippen LogP contribution in [0.5, 0.6) is 5.75 Å². The van der Waals surface area contributed by atoms with Crippen LogP contribution in [-0.4, -0.2) is 36.3 Å². The van der Waals surface area contributed by atoms with Gasteiger partial charge in [-0.05, 0) is 32.9 Å². The molecule has 0 aliphatic carbocycles. The molecule has 6 heteroatoms. The minimum absolute atomic E-state index is 0.209. The van der Waals surface area contributed by atoms with Crippen molar-refractivity contribution in [2.75, 3.05) is 25.4 Å². The molecule has 0 spiro atoms. The van der Waals surface area contributed by atoms with Crippen molar-refractivity contribution in [2.45, 2.75) is 26.4 Å². The summed E-state index contributed by atoms with van der Waals surface area (Å²) >= 11 is 0. The molecular formula is C15H21FN2O3. The molecular weight excluding hydrogens is 275 g/mol. The van der Waals surface area contributed by atoms with Gasteiger partial charge in [0.05, 0.1) is 12.3 Å². The molecule has 1 saturated heterocycles. The van der Waals surface area contributed by atoms with Gasteiger partial charge in [-0.15, -0.1) is 0 Å². The van der Waals surface area contributed by atoms with Crippen molar-refractivity contribution >= 4 is 11.8 Å². The van der Waals surface area contributed by atoms with Crippen molar-refractivity contribution in [3.05, 3.63) is 24.0 Å². The van der Waals surface area contributed by atoms with Gasteiger partial charge < -0.3 is 20.1 Å². The Morgan fingerprint density at radius 3 is 2.71 bits per heavy atom. The van der Waals surface area contributed by atoms with Gasteiger partial charge in [0.1, 0.15) is 17.2 Å². The van der Waals surface area contributed by atoms with E-state index >= 15 is 0 Å². The van der Waals surface area contributed by atoms with Gasteiger partial charge >= 0.3 is 6.09 Å². The summed E-state index contributed by atoms with van der Waals surface area (Å²) < 4.78 is 23.9. The zero-order chi connectivity index (χ0) is 15.6. The number of amides is 1. The molecule has 1 aliphatic rings. The number of likely N-dealkylation sites (tertiary alicyclic amines) is 1. The van der Waals surface area contributed by atoms with Crippen LogP contribution >= 0.6 is 0 Å². The molecule has 116 valence electrons. The first-order chi connectivity index (χ1) is 9.74. The van der Waals surface area contributed by atoms with Crippen molar-refractivity contribution in [1.29, 1.82) is 0 Å². The third kappa shape index (κ3) is 4.24. The largest absolute Gasteiger partial charge is 0.491 e. The highest BCUT2D eigenvalue weighted by Gasteiger charge is 2.34. The number of halogens is 1. The Kier molecular flexibility index (Phi) is 4.25. The number of hydrogen-bond donors (Lipinski definition) is 1. The van der Waals surface area contributed by atoms with E-state index < -0.39 is 5.60 Å². The van der Waals surface area contributed by atoms with E-state index in [1.54, 1.807) is 4.90 Å². The number of anilines is 1. The van der Waals surface area contributed by atoms with Crippen LogP contribution in [0.3, 0.4) is 0 Å². The number of rotatable bonds is 3. The molecule has 0 saturated carbocycles. The maximum Gasteiger partial charge on any atom is 0.410 e. The second kappa shape index (κ2) is 5.79. The first-order valence-electron chi connectivity index (χ1n) is 6.90. The molecule has 1 heterocycles. The van der Waals surface area contributed by atoms with E-state index in [-0.39, 0.29) is 17.8 Å². The average Bonchev–Trinajstić information content (AvgIpc) is 2.29. The van der Waals surface area contributed by atoms with Crippen molar-refractivity contribution in [3.63, 3.8) is 0 Å². The van der Waals surface area contributed by atoms with Crippen LogP contribution in [-0.2, 0) is 4.74 Å². The van der Waals surface area contributed by atoms with E-state index in [9.17, 15) is 9.18 Å². The third-order valence-electron chi connectivity index (χ3n) is 3.06. The summed E-state index contributed by atoms with van der Waals surface area (Å²) in [6, 6.07) is 4.02. The Morgan fingerprint density at radius 1 is 1.43 bits per heavy atom. The molecule has 0 atom stereocenters. The van der Waals surface area contributed by atoms with Crippen LogP contribution in [0, 0.1) is 11.7 Å². The van der Waals surface area contributed by atoms with E-state index in [1.807, 2.05) is 20.8 Å². The lowest BCUT2D eigenvalue weighted by Crippen LogP contribution is -2.53. The van der Waals surface area contributed by atoms with Gasteiger partial charge in [0, 0.05) is 25.1 Å². The molecule has 0 radical (unpaired) electrons. The molecule has 1 aliphatic heterocycles. The molecule has 1 fully saturated rings. The maximum absolute atomic E-state index is 13.1. The van der Waals surface area contributed by atoms with Crippen LogP contribution in [0.25, 0.3) is 0 Å². The lowest BCUT2D eigenvalue weighted by Gasteiger charge is -2.39. The average molecular weight is 296 g/mol. The summed E-state index contributed by atoms with van der Waals surface area (Å²) in [6.07, 6.45) is -0.316. The Bertz CT molecular complexity index is 522. The predicted octanol–water partition coefficient (Wildman–Crippen LogP) is 2.65. The smallest absolute Gasteiger partial charge is 0.410 e. The Balaban J connectivity index is 1.76. The molecule has 21 heavy (non-hydrogen) atoms. The van der Waals surface area contributed by atoms with Gasteiger partial charge in [0.15, 0.2) is 0 Å². The summed E-state index contributed by atoms with van der Waals surface area (Å²) in [6.45, 7) is 7.04. The summed E-state index contributed by atoms with van der Waals surface area (Å²) in [7, 11) is 0. The SMILES string of the molecule is CC(C)(C)OC(=O)N1CC(COc2cc(F)ccc2N)C1. The van der Waals surface area contributed by atoms with E-state index in [1.165, 1.54) is 18.2 Å². The number of benzene rings is 1. The van der Waals surface area contributed by atoms with Gasteiger partial charge in [0.25, 0.3) is 0 Å². The molecule has 5 nitrogen and oxygen atoms in total. The third-order valence-corrected chi connectivity index (χ3v) is 3.06. The summed E-state index contributed by atoms with van der Waals surface area (Å²) in [5, 5.41) is 0. The fourth-order valence-corrected chi connectivity index (χ4v) is 1.99. The van der Waals surface area contributed by atoms with Gasteiger partial charge in [-0.1, -0.05) is 0 Å². The number of nitrogens with zero attached hydrogens (tertiary/aromatic N) is 1. The number of nitrogen functional groups attached to an aromatic ring is 1. The van der Waals surface area contributed by atoms with Crippen LogP contribution in [0.1, 0.15) is 20.8 Å². The molecule has 1 aromatic carbocycles. The Labute approximate surface area is 123 Å². The first-order valence-corrected chi connectivity index (χ1v) is 6.90. The van der Waals surface area contributed by atoms with Gasteiger partial charge in [-0.25, -0.2) is 9.18 Å². The number of ether oxygens (including phenoxy) is 2. The number of nitrogens with two attached hydrogens (primary N) is 1. The van der Waals surface area contributed by atoms with Crippen LogP contribution in [0.4, 0.5) is 14.9 Å². The molecule has 0 aromatic heterocycles. The summed E-state index contributed by atoms with van der Waals surface area (Å²) in [5.74, 6) is 0.161. The van der Waals surface area contributed by atoms with Crippen molar-refractivity contribution in [1.82, 2.24) is 4.90 Å². The standard InChI is InChI=1S/C15H21FN2O3/c1-15(2,3)21-14(19)18-7-10(8-18)9-20-13-6-11(16)4-5-12(13)17/h4-6,10H,7-9,17H2,1-3H3. The fraction of sp³-hybridized carbons (Fsp3) is 0.533. The van der Waals surface area contributed by atoms with E-state index in [0.29, 0.717) is 31.1 Å². The molecule has 2 rings (SSSR count). The Hall–Kier alpha value is -1.98. The minimum atomic E-state index is -0.491. The van der Waals surface area contributed by atoms with Crippen LogP contribution in [0.2, 0.25) is 0 Å². The second-order valence-corrected chi connectivity index (χ2v) is 6.24. The van der Waals surface area contributed by atoms with Crippen LogP contribution in [0.15, 0.2) is 18.2 Å². The zero-order valence-electron chi connectivity index (χ0n) is 12.6. The molecule has 2 N–H and O–H groups in total. The molecule has 0 unspecified atom stereocenters. The number of carbonyl (C=O) groups excluding carboxylic acids is 1. The second-order valence-electron chi connectivity index (χ2n) is 6.24. The topological polar surface area (TPSA) is 64.8 Å². The lowest BCUT2D eigenvalue weighted by atomic mass is 10.0. The Morgan fingerprint density at radius 2 is 2.10 bits per heavy atom. The normalized spacial score (nSPS) is 15.5.